The summed E-state index contributed by atoms with van der Waals surface area (Å²) in [6, 6.07) is 9.00. The lowest BCUT2D eigenvalue weighted by Crippen LogP contribution is -2.33. The summed E-state index contributed by atoms with van der Waals surface area (Å²) in [7, 11) is 0. The van der Waals surface area contributed by atoms with E-state index in [1.54, 1.807) is 35.7 Å². The lowest BCUT2D eigenvalue weighted by Gasteiger charge is -2.21. The van der Waals surface area contributed by atoms with Crippen LogP contribution in [0.15, 0.2) is 36.5 Å². The molecule has 0 atom stereocenters. The molecular weight excluding hydrogens is 449 g/mol. The van der Waals surface area contributed by atoms with Crippen molar-refractivity contribution in [1.29, 1.82) is 0 Å². The highest BCUT2D eigenvalue weighted by Gasteiger charge is 2.30. The highest BCUT2D eigenvalue weighted by atomic mass is 35.5. The van der Waals surface area contributed by atoms with Gasteiger partial charge in [-0.3, -0.25) is 9.20 Å². The highest BCUT2D eigenvalue weighted by Crippen LogP contribution is 2.32. The molecule has 0 aliphatic heterocycles. The molecule has 172 valence electrons. The molecule has 1 amide bonds. The van der Waals surface area contributed by atoms with Crippen molar-refractivity contribution in [2.24, 2.45) is 0 Å². The fourth-order valence-corrected chi connectivity index (χ4v) is 4.51. The van der Waals surface area contributed by atoms with Crippen LogP contribution in [0, 0.1) is 6.92 Å². The van der Waals surface area contributed by atoms with Gasteiger partial charge in [-0.1, -0.05) is 55.6 Å². The topological polar surface area (TPSA) is 75.9 Å². The van der Waals surface area contributed by atoms with Crippen molar-refractivity contribution in [3.05, 3.63) is 63.5 Å². The SMILES string of the molecule is C.Cc1nc2c(OCc3cccc(Cl)c3Cl)cccn2c1C(=O)NCCC1(O)CCCC1. The molecule has 1 aliphatic carbocycles. The van der Waals surface area contributed by atoms with E-state index in [0.29, 0.717) is 45.8 Å². The van der Waals surface area contributed by atoms with Gasteiger partial charge in [0.05, 0.1) is 21.3 Å². The number of imidazole rings is 1. The number of ether oxygens (including phenoxy) is 1. The maximum atomic E-state index is 12.9. The molecule has 6 nitrogen and oxygen atoms in total. The average molecular weight is 478 g/mol. The summed E-state index contributed by atoms with van der Waals surface area (Å²) in [5.74, 6) is 0.322. The Morgan fingerprint density at radius 3 is 2.75 bits per heavy atom. The van der Waals surface area contributed by atoms with Crippen LogP contribution in [0.5, 0.6) is 5.75 Å². The van der Waals surface area contributed by atoms with Gasteiger partial charge in [-0.15, -0.1) is 0 Å². The second kappa shape index (κ2) is 10.1. The van der Waals surface area contributed by atoms with Crippen LogP contribution in [0.4, 0.5) is 0 Å². The Hall–Kier alpha value is -2.28. The Bertz CT molecular complexity index is 1110. The number of carbonyl (C=O) groups is 1. The van der Waals surface area contributed by atoms with E-state index in [2.05, 4.69) is 10.3 Å². The minimum atomic E-state index is -0.648. The molecule has 0 spiro atoms. The van der Waals surface area contributed by atoms with Crippen molar-refractivity contribution in [3.63, 3.8) is 0 Å². The first-order valence-corrected chi connectivity index (χ1v) is 11.2. The lowest BCUT2D eigenvalue weighted by atomic mass is 9.98. The number of amides is 1. The number of aromatic nitrogens is 2. The van der Waals surface area contributed by atoms with E-state index in [1.165, 1.54) is 0 Å². The zero-order valence-electron chi connectivity index (χ0n) is 17.3. The van der Waals surface area contributed by atoms with Gasteiger partial charge in [-0.2, -0.15) is 0 Å². The summed E-state index contributed by atoms with van der Waals surface area (Å²) in [5, 5.41) is 14.3. The molecule has 0 unspecified atom stereocenters. The van der Waals surface area contributed by atoms with Crippen molar-refractivity contribution in [2.75, 3.05) is 6.54 Å². The third-order valence-electron chi connectivity index (χ3n) is 5.83. The van der Waals surface area contributed by atoms with Gasteiger partial charge in [-0.25, -0.2) is 4.98 Å². The van der Waals surface area contributed by atoms with E-state index in [9.17, 15) is 9.90 Å². The molecule has 2 N–H and O–H groups in total. The van der Waals surface area contributed by atoms with E-state index in [-0.39, 0.29) is 19.9 Å². The van der Waals surface area contributed by atoms with Crippen LogP contribution in [0.1, 0.15) is 61.3 Å². The first kappa shape index (κ1) is 24.4. The number of benzene rings is 1. The van der Waals surface area contributed by atoms with Crippen molar-refractivity contribution in [1.82, 2.24) is 14.7 Å². The summed E-state index contributed by atoms with van der Waals surface area (Å²) in [6.07, 6.45) is 6.03. The van der Waals surface area contributed by atoms with Gasteiger partial charge in [0.15, 0.2) is 11.4 Å². The Morgan fingerprint density at radius 1 is 1.25 bits per heavy atom. The highest BCUT2D eigenvalue weighted by molar-refractivity contribution is 6.42. The molecule has 8 heteroatoms. The molecule has 1 fully saturated rings. The van der Waals surface area contributed by atoms with Gasteiger partial charge in [0.1, 0.15) is 12.3 Å². The first-order valence-electron chi connectivity index (χ1n) is 10.4. The molecule has 3 aromatic rings. The van der Waals surface area contributed by atoms with Crippen LogP contribution < -0.4 is 10.1 Å². The third-order valence-corrected chi connectivity index (χ3v) is 6.69. The molecule has 0 radical (unpaired) electrons. The molecule has 32 heavy (non-hydrogen) atoms. The molecular formula is C24H29Cl2N3O3. The van der Waals surface area contributed by atoms with Gasteiger partial charge in [0.25, 0.3) is 5.91 Å². The fraction of sp³-hybridized carbons (Fsp3) is 0.417. The van der Waals surface area contributed by atoms with Crippen molar-refractivity contribution in [3.8, 4) is 5.75 Å². The molecule has 2 aromatic heterocycles. The molecule has 1 saturated carbocycles. The standard InChI is InChI=1S/C23H25Cl2N3O3.CH4/c1-15-20(22(29)26-12-11-23(30)9-2-3-10-23)28-13-5-8-18(21(28)27-15)31-14-16-6-4-7-17(24)19(16)25;/h4-8,13,30H,2-3,9-12,14H2,1H3,(H,26,29);1H4. The Morgan fingerprint density at radius 2 is 2.00 bits per heavy atom. The summed E-state index contributed by atoms with van der Waals surface area (Å²) in [6.45, 7) is 2.45. The first-order chi connectivity index (χ1) is 14.9. The van der Waals surface area contributed by atoms with Crippen LogP contribution in [0.25, 0.3) is 5.65 Å². The van der Waals surface area contributed by atoms with Gasteiger partial charge >= 0.3 is 0 Å². The van der Waals surface area contributed by atoms with Crippen molar-refractivity contribution < 1.29 is 14.6 Å². The Kier molecular flexibility index (Phi) is 7.70. The molecule has 0 bridgehead atoms. The van der Waals surface area contributed by atoms with Gasteiger partial charge < -0.3 is 15.2 Å². The minimum absolute atomic E-state index is 0. The quantitative estimate of drug-likeness (QED) is 0.464. The van der Waals surface area contributed by atoms with Crippen molar-refractivity contribution >= 4 is 34.8 Å². The number of nitrogens with zero attached hydrogens (tertiary/aromatic N) is 2. The second-order valence-electron chi connectivity index (χ2n) is 8.05. The normalized spacial score (nSPS) is 14.9. The minimum Gasteiger partial charge on any atom is -0.485 e. The zero-order valence-corrected chi connectivity index (χ0v) is 18.8. The average Bonchev–Trinajstić information content (AvgIpc) is 3.32. The van der Waals surface area contributed by atoms with Crippen LogP contribution in [-0.4, -0.2) is 32.5 Å². The van der Waals surface area contributed by atoms with Gasteiger partial charge in [0.2, 0.25) is 0 Å². The molecule has 0 saturated heterocycles. The monoisotopic (exact) mass is 477 g/mol. The van der Waals surface area contributed by atoms with E-state index in [0.717, 1.165) is 31.2 Å². The number of rotatable bonds is 7. The maximum Gasteiger partial charge on any atom is 0.270 e. The summed E-state index contributed by atoms with van der Waals surface area (Å²) >= 11 is 12.3. The molecule has 4 rings (SSSR count). The largest absolute Gasteiger partial charge is 0.485 e. The molecule has 1 aromatic carbocycles. The Balaban J connectivity index is 0.00000289. The second-order valence-corrected chi connectivity index (χ2v) is 8.84. The Labute approximate surface area is 198 Å². The predicted octanol–water partition coefficient (Wildman–Crippen LogP) is 5.59. The number of carbonyl (C=O) groups excluding carboxylic acids is 1. The summed E-state index contributed by atoms with van der Waals surface area (Å²) in [5.41, 5.74) is 1.73. The predicted molar refractivity (Wildman–Crippen MR) is 128 cm³/mol. The van der Waals surface area contributed by atoms with Crippen LogP contribution in [0.3, 0.4) is 0 Å². The van der Waals surface area contributed by atoms with Gasteiger partial charge in [0, 0.05) is 18.3 Å². The van der Waals surface area contributed by atoms with Gasteiger partial charge in [-0.05, 0) is 44.4 Å². The number of aryl methyl sites for hydroxylation is 1. The smallest absolute Gasteiger partial charge is 0.270 e. The summed E-state index contributed by atoms with van der Waals surface area (Å²) in [4.78, 5) is 17.4. The van der Waals surface area contributed by atoms with E-state index in [4.69, 9.17) is 27.9 Å². The van der Waals surface area contributed by atoms with Crippen LogP contribution >= 0.6 is 23.2 Å². The van der Waals surface area contributed by atoms with E-state index < -0.39 is 5.60 Å². The molecule has 2 heterocycles. The van der Waals surface area contributed by atoms with E-state index in [1.807, 2.05) is 12.1 Å². The number of hydrogen-bond acceptors (Lipinski definition) is 4. The third kappa shape index (κ3) is 5.03. The fourth-order valence-electron chi connectivity index (χ4n) is 4.13. The maximum absolute atomic E-state index is 12.9. The lowest BCUT2D eigenvalue weighted by molar-refractivity contribution is 0.0389. The molecule has 1 aliphatic rings. The zero-order chi connectivity index (χ0) is 22.0. The van der Waals surface area contributed by atoms with E-state index >= 15 is 0 Å². The number of nitrogens with one attached hydrogen (secondary N) is 1. The van der Waals surface area contributed by atoms with Crippen LogP contribution in [0.2, 0.25) is 10.0 Å². The number of hydrogen-bond donors (Lipinski definition) is 2. The number of halogens is 2. The van der Waals surface area contributed by atoms with Crippen molar-refractivity contribution in [2.45, 2.75) is 58.7 Å². The summed E-state index contributed by atoms with van der Waals surface area (Å²) < 4.78 is 7.69. The number of aliphatic hydroxyl groups is 1. The van der Waals surface area contributed by atoms with Crippen LogP contribution in [-0.2, 0) is 6.61 Å². The number of pyridine rings is 1. The number of fused-ring (bicyclic) bond motifs is 1.